The van der Waals surface area contributed by atoms with Crippen LogP contribution < -0.4 is 0 Å². The Morgan fingerprint density at radius 1 is 1.36 bits per heavy atom. The fourth-order valence-corrected chi connectivity index (χ4v) is 1.45. The smallest absolute Gasteiger partial charge is 0.115 e. The number of hydrogen-bond acceptors (Lipinski definition) is 4. The van der Waals surface area contributed by atoms with Crippen LogP contribution in [0.1, 0.15) is 5.56 Å². The third-order valence-electron chi connectivity index (χ3n) is 2.16. The standard InChI is InChI=1S/C10H13NO3/c12-9-3-1-8(2-4-9)5-11-6-10(13)7-14-11/h1-4,10,12-13H,5-7H2/t10-/m0/s1. The van der Waals surface area contributed by atoms with Gasteiger partial charge in [-0.3, -0.25) is 4.84 Å². The van der Waals surface area contributed by atoms with Crippen LogP contribution in [-0.4, -0.2) is 34.5 Å². The van der Waals surface area contributed by atoms with Crippen molar-refractivity contribution in [2.75, 3.05) is 13.2 Å². The van der Waals surface area contributed by atoms with Gasteiger partial charge in [0, 0.05) is 6.54 Å². The topological polar surface area (TPSA) is 52.9 Å². The highest BCUT2D eigenvalue weighted by Gasteiger charge is 2.20. The number of phenolic OH excluding ortho intramolecular Hbond substituents is 1. The summed E-state index contributed by atoms with van der Waals surface area (Å²) in [4.78, 5) is 5.22. The number of aromatic hydroxyl groups is 1. The lowest BCUT2D eigenvalue weighted by atomic mass is 10.2. The fraction of sp³-hybridized carbons (Fsp3) is 0.400. The Morgan fingerprint density at radius 3 is 2.64 bits per heavy atom. The number of β-amino-alcohol motifs (C(OH)–C–C–N with tert-alkyl or cyclic N) is 1. The van der Waals surface area contributed by atoms with Crippen LogP contribution in [0.3, 0.4) is 0 Å². The first kappa shape index (κ1) is 9.45. The van der Waals surface area contributed by atoms with Crippen molar-refractivity contribution in [2.24, 2.45) is 0 Å². The molecule has 0 bridgehead atoms. The number of benzene rings is 1. The zero-order valence-electron chi connectivity index (χ0n) is 7.76. The first-order valence-electron chi connectivity index (χ1n) is 4.58. The minimum atomic E-state index is -0.382. The molecule has 1 atom stereocenters. The zero-order chi connectivity index (χ0) is 9.97. The van der Waals surface area contributed by atoms with Crippen molar-refractivity contribution in [3.63, 3.8) is 0 Å². The van der Waals surface area contributed by atoms with Crippen molar-refractivity contribution in [3.8, 4) is 5.75 Å². The number of aliphatic hydroxyl groups excluding tert-OH is 1. The second-order valence-electron chi connectivity index (χ2n) is 3.44. The summed E-state index contributed by atoms with van der Waals surface area (Å²) in [5.41, 5.74) is 1.05. The van der Waals surface area contributed by atoms with Crippen LogP contribution in [0.15, 0.2) is 24.3 Å². The van der Waals surface area contributed by atoms with E-state index in [-0.39, 0.29) is 11.9 Å². The molecule has 1 heterocycles. The Bertz CT molecular complexity index is 299. The lowest BCUT2D eigenvalue weighted by Gasteiger charge is -2.13. The second kappa shape index (κ2) is 3.96. The highest BCUT2D eigenvalue weighted by Crippen LogP contribution is 2.14. The van der Waals surface area contributed by atoms with Gasteiger partial charge in [-0.2, -0.15) is 5.06 Å². The van der Waals surface area contributed by atoms with Gasteiger partial charge in [-0.15, -0.1) is 0 Å². The SMILES string of the molecule is Oc1ccc(CN2C[C@H](O)CO2)cc1. The molecule has 0 saturated carbocycles. The van der Waals surface area contributed by atoms with Gasteiger partial charge in [0.15, 0.2) is 0 Å². The summed E-state index contributed by atoms with van der Waals surface area (Å²) in [6.07, 6.45) is -0.382. The normalized spacial score (nSPS) is 22.8. The molecule has 1 aromatic rings. The van der Waals surface area contributed by atoms with Crippen LogP contribution in [0.5, 0.6) is 5.75 Å². The number of aliphatic hydroxyl groups is 1. The van der Waals surface area contributed by atoms with Crippen LogP contribution in [0.4, 0.5) is 0 Å². The molecule has 0 aliphatic carbocycles. The third kappa shape index (κ3) is 2.23. The molecule has 0 aromatic heterocycles. The van der Waals surface area contributed by atoms with Crippen LogP contribution in [0, 0.1) is 0 Å². The minimum Gasteiger partial charge on any atom is -0.508 e. The van der Waals surface area contributed by atoms with E-state index in [4.69, 9.17) is 9.94 Å². The summed E-state index contributed by atoms with van der Waals surface area (Å²) in [6, 6.07) is 6.95. The molecule has 1 aromatic carbocycles. The summed E-state index contributed by atoms with van der Waals surface area (Å²) in [7, 11) is 0. The predicted octanol–water partition coefficient (Wildman–Crippen LogP) is 0.500. The van der Waals surface area contributed by atoms with Crippen molar-refractivity contribution >= 4 is 0 Å². The van der Waals surface area contributed by atoms with E-state index in [1.807, 2.05) is 12.1 Å². The summed E-state index contributed by atoms with van der Waals surface area (Å²) < 4.78 is 0. The average Bonchev–Trinajstić information content (AvgIpc) is 2.56. The molecule has 2 rings (SSSR count). The van der Waals surface area contributed by atoms with Gasteiger partial charge < -0.3 is 10.2 Å². The first-order chi connectivity index (χ1) is 6.74. The molecule has 76 valence electrons. The number of hydroxylamine groups is 2. The van der Waals surface area contributed by atoms with E-state index in [1.54, 1.807) is 17.2 Å². The van der Waals surface area contributed by atoms with Crippen molar-refractivity contribution < 1.29 is 15.1 Å². The second-order valence-corrected chi connectivity index (χ2v) is 3.44. The summed E-state index contributed by atoms with van der Waals surface area (Å²) in [5, 5.41) is 20.0. The maximum absolute atomic E-state index is 9.22. The highest BCUT2D eigenvalue weighted by molar-refractivity contribution is 5.25. The molecule has 1 aliphatic heterocycles. The number of phenols is 1. The van der Waals surface area contributed by atoms with Gasteiger partial charge >= 0.3 is 0 Å². The Hall–Kier alpha value is -1.10. The molecule has 4 heteroatoms. The van der Waals surface area contributed by atoms with E-state index in [2.05, 4.69) is 0 Å². The van der Waals surface area contributed by atoms with E-state index in [0.29, 0.717) is 19.7 Å². The van der Waals surface area contributed by atoms with Crippen LogP contribution >= 0.6 is 0 Å². The molecule has 0 amide bonds. The molecule has 2 N–H and O–H groups in total. The fourth-order valence-electron chi connectivity index (χ4n) is 1.45. The Morgan fingerprint density at radius 2 is 2.07 bits per heavy atom. The molecule has 1 fully saturated rings. The first-order valence-corrected chi connectivity index (χ1v) is 4.58. The maximum Gasteiger partial charge on any atom is 0.115 e. The molecule has 4 nitrogen and oxygen atoms in total. The van der Waals surface area contributed by atoms with Gasteiger partial charge in [0.05, 0.1) is 19.3 Å². The molecule has 1 aliphatic rings. The van der Waals surface area contributed by atoms with Crippen LogP contribution in [-0.2, 0) is 11.4 Å². The maximum atomic E-state index is 9.22. The molecule has 0 spiro atoms. The zero-order valence-corrected chi connectivity index (χ0v) is 7.76. The average molecular weight is 195 g/mol. The van der Waals surface area contributed by atoms with Gasteiger partial charge in [0.25, 0.3) is 0 Å². The Labute approximate surface area is 82.3 Å². The van der Waals surface area contributed by atoms with Crippen molar-refractivity contribution in [1.29, 1.82) is 0 Å². The summed E-state index contributed by atoms with van der Waals surface area (Å²) in [5.74, 6) is 0.260. The van der Waals surface area contributed by atoms with Crippen LogP contribution in [0.25, 0.3) is 0 Å². The van der Waals surface area contributed by atoms with E-state index >= 15 is 0 Å². The molecular formula is C10H13NO3. The summed E-state index contributed by atoms with van der Waals surface area (Å²) >= 11 is 0. The molecular weight excluding hydrogens is 182 g/mol. The van der Waals surface area contributed by atoms with Gasteiger partial charge in [0.1, 0.15) is 5.75 Å². The Balaban J connectivity index is 1.94. The van der Waals surface area contributed by atoms with E-state index in [1.165, 1.54) is 0 Å². The lowest BCUT2D eigenvalue weighted by Crippen LogP contribution is -2.20. The van der Waals surface area contributed by atoms with E-state index in [0.717, 1.165) is 5.56 Å². The lowest BCUT2D eigenvalue weighted by molar-refractivity contribution is -0.117. The monoisotopic (exact) mass is 195 g/mol. The van der Waals surface area contributed by atoms with Crippen molar-refractivity contribution in [2.45, 2.75) is 12.6 Å². The molecule has 1 saturated heterocycles. The quantitative estimate of drug-likeness (QED) is 0.721. The number of nitrogens with zero attached hydrogens (tertiary/aromatic N) is 1. The van der Waals surface area contributed by atoms with Crippen LogP contribution in [0.2, 0.25) is 0 Å². The molecule has 0 unspecified atom stereocenters. The minimum absolute atomic E-state index is 0.260. The largest absolute Gasteiger partial charge is 0.508 e. The predicted molar refractivity (Wildman–Crippen MR) is 50.5 cm³/mol. The van der Waals surface area contributed by atoms with Gasteiger partial charge in [-0.05, 0) is 17.7 Å². The van der Waals surface area contributed by atoms with E-state index in [9.17, 15) is 5.11 Å². The Kier molecular flexibility index (Phi) is 2.67. The van der Waals surface area contributed by atoms with Crippen molar-refractivity contribution in [3.05, 3.63) is 29.8 Å². The number of rotatable bonds is 2. The highest BCUT2D eigenvalue weighted by atomic mass is 16.7. The third-order valence-corrected chi connectivity index (χ3v) is 2.16. The summed E-state index contributed by atoms with van der Waals surface area (Å²) in [6.45, 7) is 1.55. The van der Waals surface area contributed by atoms with Gasteiger partial charge in [-0.25, -0.2) is 0 Å². The van der Waals surface area contributed by atoms with Crippen molar-refractivity contribution in [1.82, 2.24) is 5.06 Å². The van der Waals surface area contributed by atoms with E-state index < -0.39 is 0 Å². The van der Waals surface area contributed by atoms with Gasteiger partial charge in [0.2, 0.25) is 0 Å². The number of hydrogen-bond donors (Lipinski definition) is 2. The molecule has 0 radical (unpaired) electrons. The molecule has 14 heavy (non-hydrogen) atoms. The van der Waals surface area contributed by atoms with Gasteiger partial charge in [-0.1, -0.05) is 12.1 Å².